The van der Waals surface area contributed by atoms with Crippen molar-refractivity contribution in [3.8, 4) is 0 Å². The average Bonchev–Trinajstić information content (AvgIpc) is 2.30. The fourth-order valence-corrected chi connectivity index (χ4v) is 2.89. The van der Waals surface area contributed by atoms with E-state index < -0.39 is 11.8 Å². The molecule has 0 amide bonds. The molecule has 1 fully saturated rings. The predicted octanol–water partition coefficient (Wildman–Crippen LogP) is 3.39. The largest absolute Gasteiger partial charge is 0.459 e. The van der Waals surface area contributed by atoms with Crippen molar-refractivity contribution in [2.75, 3.05) is 5.73 Å². The third-order valence-electron chi connectivity index (χ3n) is 3.64. The number of hydrogen-bond acceptors (Lipinski definition) is 3. The molecular weight excluding hydrogens is 245 g/mol. The van der Waals surface area contributed by atoms with E-state index in [1.54, 1.807) is 0 Å². The van der Waals surface area contributed by atoms with Crippen LogP contribution in [0.25, 0.3) is 0 Å². The van der Waals surface area contributed by atoms with Crippen LogP contribution in [0.1, 0.15) is 43.5 Å². The molecule has 0 bridgehead atoms. The van der Waals surface area contributed by atoms with Gasteiger partial charge in [-0.2, -0.15) is 0 Å². The highest BCUT2D eigenvalue weighted by atomic mass is 19.1. The first-order valence-corrected chi connectivity index (χ1v) is 6.71. The van der Waals surface area contributed by atoms with Gasteiger partial charge in [0.05, 0.1) is 5.56 Å². The molecule has 1 aromatic carbocycles. The van der Waals surface area contributed by atoms with Crippen LogP contribution in [0.3, 0.4) is 0 Å². The molecule has 104 valence electrons. The molecular formula is C15H20FNO2. The van der Waals surface area contributed by atoms with E-state index in [4.69, 9.17) is 10.5 Å². The smallest absolute Gasteiger partial charge is 0.340 e. The second-order valence-corrected chi connectivity index (χ2v) is 5.68. The van der Waals surface area contributed by atoms with Crippen molar-refractivity contribution in [2.45, 2.75) is 39.2 Å². The Morgan fingerprint density at radius 3 is 2.53 bits per heavy atom. The number of anilines is 1. The Labute approximate surface area is 112 Å². The normalized spacial score (nSPS) is 27.0. The maximum absolute atomic E-state index is 13.1. The molecule has 2 N–H and O–H groups in total. The van der Waals surface area contributed by atoms with E-state index in [0.29, 0.717) is 11.8 Å². The van der Waals surface area contributed by atoms with E-state index in [9.17, 15) is 9.18 Å². The van der Waals surface area contributed by atoms with Crippen LogP contribution < -0.4 is 5.73 Å². The molecule has 0 radical (unpaired) electrons. The number of benzene rings is 1. The summed E-state index contributed by atoms with van der Waals surface area (Å²) in [5, 5.41) is 0. The molecule has 1 aliphatic carbocycles. The van der Waals surface area contributed by atoms with E-state index in [0.717, 1.165) is 25.3 Å². The van der Waals surface area contributed by atoms with Gasteiger partial charge in [-0.25, -0.2) is 9.18 Å². The molecule has 0 heterocycles. The second kappa shape index (κ2) is 5.59. The summed E-state index contributed by atoms with van der Waals surface area (Å²) in [5.41, 5.74) is 6.05. The van der Waals surface area contributed by atoms with Crippen LogP contribution in [-0.4, -0.2) is 12.1 Å². The van der Waals surface area contributed by atoms with Crippen molar-refractivity contribution in [3.05, 3.63) is 29.6 Å². The summed E-state index contributed by atoms with van der Waals surface area (Å²) in [7, 11) is 0. The molecule has 3 nitrogen and oxygen atoms in total. The first-order valence-electron chi connectivity index (χ1n) is 6.71. The molecule has 0 spiro atoms. The zero-order chi connectivity index (χ0) is 14.0. The number of hydrogen-bond donors (Lipinski definition) is 1. The van der Waals surface area contributed by atoms with Crippen molar-refractivity contribution < 1.29 is 13.9 Å². The fourth-order valence-electron chi connectivity index (χ4n) is 2.89. The lowest BCUT2D eigenvalue weighted by Gasteiger charge is -2.31. The van der Waals surface area contributed by atoms with E-state index in [-0.39, 0.29) is 17.4 Å². The second-order valence-electron chi connectivity index (χ2n) is 5.68. The molecule has 0 saturated heterocycles. The average molecular weight is 265 g/mol. The van der Waals surface area contributed by atoms with Crippen molar-refractivity contribution in [1.29, 1.82) is 0 Å². The number of halogens is 1. The molecule has 1 saturated carbocycles. The van der Waals surface area contributed by atoms with Crippen molar-refractivity contribution >= 4 is 11.7 Å². The fraction of sp³-hybridized carbons (Fsp3) is 0.533. The summed E-state index contributed by atoms with van der Waals surface area (Å²) in [4.78, 5) is 12.0. The number of rotatable bonds is 2. The van der Waals surface area contributed by atoms with E-state index >= 15 is 0 Å². The molecule has 19 heavy (non-hydrogen) atoms. The Hall–Kier alpha value is -1.58. The van der Waals surface area contributed by atoms with Crippen molar-refractivity contribution in [1.82, 2.24) is 0 Å². The van der Waals surface area contributed by atoms with Crippen LogP contribution in [0, 0.1) is 17.7 Å². The molecule has 0 aromatic heterocycles. The molecule has 2 atom stereocenters. The highest BCUT2D eigenvalue weighted by molar-refractivity contribution is 5.95. The number of nitrogens with two attached hydrogens (primary N) is 1. The molecule has 1 aromatic rings. The van der Waals surface area contributed by atoms with Gasteiger partial charge in [-0.05, 0) is 49.3 Å². The van der Waals surface area contributed by atoms with Crippen LogP contribution in [0.2, 0.25) is 0 Å². The lowest BCUT2D eigenvalue weighted by molar-refractivity contribution is 0.00813. The van der Waals surface area contributed by atoms with Crippen LogP contribution >= 0.6 is 0 Å². The third-order valence-corrected chi connectivity index (χ3v) is 3.64. The topological polar surface area (TPSA) is 52.3 Å². The van der Waals surface area contributed by atoms with Gasteiger partial charge in [-0.3, -0.25) is 0 Å². The summed E-state index contributed by atoms with van der Waals surface area (Å²) in [6.07, 6.45) is 2.81. The Balaban J connectivity index is 2.06. The standard InChI is InChI=1S/C15H20FNO2/c1-9-5-10(2)7-12(6-9)19-15(18)13-8-11(16)3-4-14(13)17/h3-4,8-10,12H,5-7,17H2,1-2H3. The minimum atomic E-state index is -0.525. The molecule has 1 aliphatic rings. The summed E-state index contributed by atoms with van der Waals surface area (Å²) in [5.74, 6) is 0.0904. The third kappa shape index (κ3) is 3.46. The van der Waals surface area contributed by atoms with Crippen LogP contribution in [0.15, 0.2) is 18.2 Å². The molecule has 0 aliphatic heterocycles. The first kappa shape index (κ1) is 13.8. The minimum Gasteiger partial charge on any atom is -0.459 e. The summed E-state index contributed by atoms with van der Waals surface area (Å²) in [6, 6.07) is 3.75. The Kier molecular flexibility index (Phi) is 4.08. The van der Waals surface area contributed by atoms with Gasteiger partial charge in [0.2, 0.25) is 0 Å². The Morgan fingerprint density at radius 2 is 1.89 bits per heavy atom. The van der Waals surface area contributed by atoms with Gasteiger partial charge < -0.3 is 10.5 Å². The van der Waals surface area contributed by atoms with E-state index in [1.165, 1.54) is 12.1 Å². The van der Waals surface area contributed by atoms with Crippen molar-refractivity contribution in [3.63, 3.8) is 0 Å². The van der Waals surface area contributed by atoms with Crippen LogP contribution in [0.5, 0.6) is 0 Å². The number of esters is 1. The van der Waals surface area contributed by atoms with E-state index in [1.807, 2.05) is 0 Å². The predicted molar refractivity (Wildman–Crippen MR) is 72.2 cm³/mol. The first-order chi connectivity index (χ1) is 8.95. The van der Waals surface area contributed by atoms with Gasteiger partial charge >= 0.3 is 5.97 Å². The quantitative estimate of drug-likeness (QED) is 0.658. The molecule has 2 unspecified atom stereocenters. The summed E-state index contributed by atoms with van der Waals surface area (Å²) < 4.78 is 18.6. The van der Waals surface area contributed by atoms with Crippen LogP contribution in [0.4, 0.5) is 10.1 Å². The zero-order valence-electron chi connectivity index (χ0n) is 11.4. The highest BCUT2D eigenvalue weighted by Gasteiger charge is 2.27. The maximum Gasteiger partial charge on any atom is 0.340 e. The van der Waals surface area contributed by atoms with Gasteiger partial charge in [0.25, 0.3) is 0 Å². The maximum atomic E-state index is 13.1. The number of carbonyl (C=O) groups is 1. The highest BCUT2D eigenvalue weighted by Crippen LogP contribution is 2.31. The monoisotopic (exact) mass is 265 g/mol. The lowest BCUT2D eigenvalue weighted by Crippen LogP contribution is -2.28. The van der Waals surface area contributed by atoms with Gasteiger partial charge in [0, 0.05) is 5.69 Å². The Morgan fingerprint density at radius 1 is 1.26 bits per heavy atom. The van der Waals surface area contributed by atoms with Gasteiger partial charge in [-0.1, -0.05) is 13.8 Å². The van der Waals surface area contributed by atoms with Crippen LogP contribution in [-0.2, 0) is 4.74 Å². The summed E-state index contributed by atoms with van der Waals surface area (Å²) in [6.45, 7) is 4.32. The van der Waals surface area contributed by atoms with Crippen molar-refractivity contribution in [2.24, 2.45) is 11.8 Å². The molecule has 2 rings (SSSR count). The Bertz CT molecular complexity index is 465. The summed E-state index contributed by atoms with van der Waals surface area (Å²) >= 11 is 0. The lowest BCUT2D eigenvalue weighted by atomic mass is 9.82. The number of ether oxygens (including phenoxy) is 1. The number of nitrogen functional groups attached to an aromatic ring is 1. The van der Waals surface area contributed by atoms with Gasteiger partial charge in [-0.15, -0.1) is 0 Å². The minimum absolute atomic E-state index is 0.0890. The molecule has 4 heteroatoms. The zero-order valence-corrected chi connectivity index (χ0v) is 11.4. The SMILES string of the molecule is CC1CC(C)CC(OC(=O)c2cc(F)ccc2N)C1. The van der Waals surface area contributed by atoms with Gasteiger partial charge in [0.15, 0.2) is 0 Å². The van der Waals surface area contributed by atoms with Gasteiger partial charge in [0.1, 0.15) is 11.9 Å². The number of carbonyl (C=O) groups excluding carboxylic acids is 1. The van der Waals surface area contributed by atoms with E-state index in [2.05, 4.69) is 13.8 Å².